The molecule has 0 bridgehead atoms. The van der Waals surface area contributed by atoms with E-state index in [1.165, 1.54) is 0 Å². The summed E-state index contributed by atoms with van der Waals surface area (Å²) in [5.41, 5.74) is 8.73. The molecule has 0 aliphatic rings. The number of para-hydroxylation sites is 2. The molecular formula is C31H36N6O7. The lowest BCUT2D eigenvalue weighted by molar-refractivity contribution is -0.142. The van der Waals surface area contributed by atoms with E-state index in [2.05, 4.69) is 25.9 Å². The van der Waals surface area contributed by atoms with E-state index < -0.39 is 66.2 Å². The van der Waals surface area contributed by atoms with Crippen molar-refractivity contribution in [2.45, 2.75) is 57.3 Å². The molecule has 0 saturated carbocycles. The molecule has 2 aromatic carbocycles. The Balaban J connectivity index is 1.58. The molecule has 13 heteroatoms. The minimum absolute atomic E-state index is 0.00895. The highest BCUT2D eigenvalue weighted by atomic mass is 16.4. The molecule has 4 unspecified atom stereocenters. The van der Waals surface area contributed by atoms with Crippen molar-refractivity contribution in [3.05, 3.63) is 72.1 Å². The van der Waals surface area contributed by atoms with Crippen LogP contribution in [0, 0.1) is 5.92 Å². The first-order chi connectivity index (χ1) is 20.9. The van der Waals surface area contributed by atoms with Gasteiger partial charge in [0.25, 0.3) is 0 Å². The number of carboxylic acids is 2. The first-order valence-electron chi connectivity index (χ1n) is 14.2. The van der Waals surface area contributed by atoms with E-state index in [0.717, 1.165) is 21.8 Å². The van der Waals surface area contributed by atoms with Crippen molar-refractivity contribution < 1.29 is 34.2 Å². The number of aliphatic carboxylic acids is 2. The number of hydrogen-bond acceptors (Lipinski definition) is 6. The van der Waals surface area contributed by atoms with Crippen molar-refractivity contribution in [1.29, 1.82) is 0 Å². The van der Waals surface area contributed by atoms with Gasteiger partial charge in [0.05, 0.1) is 12.5 Å². The summed E-state index contributed by atoms with van der Waals surface area (Å²) in [4.78, 5) is 69.3. The lowest BCUT2D eigenvalue weighted by Crippen LogP contribution is -2.59. The van der Waals surface area contributed by atoms with E-state index in [1.54, 1.807) is 26.2 Å². The van der Waals surface area contributed by atoms with Crippen LogP contribution in [-0.4, -0.2) is 74.0 Å². The van der Waals surface area contributed by atoms with Crippen LogP contribution in [0.1, 0.15) is 31.4 Å². The lowest BCUT2D eigenvalue weighted by Gasteiger charge is -2.27. The van der Waals surface area contributed by atoms with Crippen molar-refractivity contribution in [3.8, 4) is 0 Å². The predicted molar refractivity (Wildman–Crippen MR) is 162 cm³/mol. The van der Waals surface area contributed by atoms with Gasteiger partial charge in [0, 0.05) is 47.0 Å². The Labute approximate surface area is 252 Å². The number of nitrogens with two attached hydrogens (primary N) is 1. The third-order valence-corrected chi connectivity index (χ3v) is 7.42. The van der Waals surface area contributed by atoms with Gasteiger partial charge in [-0.15, -0.1) is 0 Å². The van der Waals surface area contributed by atoms with Crippen LogP contribution >= 0.6 is 0 Å². The number of H-pyrrole nitrogens is 2. The SMILES string of the molecule is CC(C)C(NC(=O)C(N)CC(=O)O)C(=O)NC(Cc1c[nH]c2ccccc12)C(=O)NC(Cc1c[nH]c2ccccc12)C(=O)O. The maximum Gasteiger partial charge on any atom is 0.326 e. The van der Waals surface area contributed by atoms with Gasteiger partial charge in [-0.05, 0) is 29.2 Å². The van der Waals surface area contributed by atoms with Crippen molar-refractivity contribution >= 4 is 51.5 Å². The van der Waals surface area contributed by atoms with Crippen molar-refractivity contribution in [2.75, 3.05) is 0 Å². The fraction of sp³-hybridized carbons (Fsp3) is 0.323. The molecule has 4 aromatic rings. The number of fused-ring (bicyclic) bond motifs is 2. The number of amides is 3. The fourth-order valence-corrected chi connectivity index (χ4v) is 5.06. The molecule has 4 atom stereocenters. The van der Waals surface area contributed by atoms with E-state index in [9.17, 15) is 29.1 Å². The highest BCUT2D eigenvalue weighted by Gasteiger charge is 2.33. The number of rotatable bonds is 14. The highest BCUT2D eigenvalue weighted by Crippen LogP contribution is 2.21. The summed E-state index contributed by atoms with van der Waals surface area (Å²) in [6.07, 6.45) is 2.79. The number of aromatic amines is 2. The summed E-state index contributed by atoms with van der Waals surface area (Å²) < 4.78 is 0. The Morgan fingerprint density at radius 1 is 0.727 bits per heavy atom. The fourth-order valence-electron chi connectivity index (χ4n) is 5.06. The molecule has 0 aliphatic carbocycles. The zero-order valence-corrected chi connectivity index (χ0v) is 24.3. The molecule has 13 nitrogen and oxygen atoms in total. The number of nitrogens with one attached hydrogen (secondary N) is 5. The number of carbonyl (C=O) groups excluding carboxylic acids is 3. The van der Waals surface area contributed by atoms with Crippen LogP contribution in [0.3, 0.4) is 0 Å². The van der Waals surface area contributed by atoms with Gasteiger partial charge in [0.2, 0.25) is 17.7 Å². The van der Waals surface area contributed by atoms with Gasteiger partial charge in [-0.3, -0.25) is 19.2 Å². The molecule has 2 heterocycles. The van der Waals surface area contributed by atoms with Gasteiger partial charge in [0.1, 0.15) is 18.1 Å². The average molecular weight is 605 g/mol. The maximum atomic E-state index is 13.7. The van der Waals surface area contributed by atoms with Crippen molar-refractivity contribution in [2.24, 2.45) is 11.7 Å². The van der Waals surface area contributed by atoms with Gasteiger partial charge in [-0.2, -0.15) is 0 Å². The number of carboxylic acid groups (broad SMARTS) is 2. The zero-order chi connectivity index (χ0) is 32.0. The molecule has 0 fully saturated rings. The summed E-state index contributed by atoms with van der Waals surface area (Å²) in [5.74, 6) is -5.24. The Hall–Kier alpha value is -5.17. The molecule has 9 N–H and O–H groups in total. The van der Waals surface area contributed by atoms with Crippen molar-refractivity contribution in [1.82, 2.24) is 25.9 Å². The molecule has 0 radical (unpaired) electrons. The molecule has 44 heavy (non-hydrogen) atoms. The van der Waals surface area contributed by atoms with Crippen LogP contribution in [0.25, 0.3) is 21.8 Å². The first-order valence-corrected chi connectivity index (χ1v) is 14.2. The Morgan fingerprint density at radius 3 is 1.73 bits per heavy atom. The van der Waals surface area contributed by atoms with Gasteiger partial charge in [0.15, 0.2) is 0 Å². The molecule has 0 aliphatic heterocycles. The summed E-state index contributed by atoms with van der Waals surface area (Å²) >= 11 is 0. The van der Waals surface area contributed by atoms with E-state index in [-0.39, 0.29) is 12.8 Å². The number of carbonyl (C=O) groups is 5. The lowest BCUT2D eigenvalue weighted by atomic mass is 9.99. The summed E-state index contributed by atoms with van der Waals surface area (Å²) in [6.45, 7) is 3.34. The second-order valence-electron chi connectivity index (χ2n) is 11.0. The normalized spacial score (nSPS) is 14.1. The topological polar surface area (TPSA) is 219 Å². The van der Waals surface area contributed by atoms with Gasteiger partial charge >= 0.3 is 11.9 Å². The van der Waals surface area contributed by atoms with E-state index in [0.29, 0.717) is 11.1 Å². The predicted octanol–water partition coefficient (Wildman–Crippen LogP) is 1.43. The molecular weight excluding hydrogens is 568 g/mol. The van der Waals surface area contributed by atoms with Crippen LogP contribution in [0.2, 0.25) is 0 Å². The van der Waals surface area contributed by atoms with E-state index >= 15 is 0 Å². The quantitative estimate of drug-likeness (QED) is 0.105. The number of benzene rings is 2. The highest BCUT2D eigenvalue weighted by molar-refractivity contribution is 5.95. The Kier molecular flexibility index (Phi) is 10.0. The maximum absolute atomic E-state index is 13.7. The van der Waals surface area contributed by atoms with Crippen LogP contribution in [-0.2, 0) is 36.8 Å². The van der Waals surface area contributed by atoms with E-state index in [1.807, 2.05) is 48.5 Å². The van der Waals surface area contributed by atoms with Crippen LogP contribution in [0.15, 0.2) is 60.9 Å². The van der Waals surface area contributed by atoms with Crippen LogP contribution < -0.4 is 21.7 Å². The van der Waals surface area contributed by atoms with Crippen LogP contribution in [0.4, 0.5) is 0 Å². The molecule has 0 spiro atoms. The monoisotopic (exact) mass is 604 g/mol. The standard InChI is InChI=1S/C31H36N6O7/c1-16(2)27(37-28(40)21(32)13-26(38)39)30(42)35-24(11-17-14-33-22-9-5-3-7-19(17)22)29(41)36-25(31(43)44)12-18-15-34-23-10-6-4-8-20(18)23/h3-10,14-16,21,24-25,27,33-34H,11-13,32H2,1-2H3,(H,35,42)(H,36,41)(H,37,40)(H,38,39)(H,43,44). The summed E-state index contributed by atoms with van der Waals surface area (Å²) in [5, 5.41) is 28.4. The largest absolute Gasteiger partial charge is 0.481 e. The van der Waals surface area contributed by atoms with Crippen LogP contribution in [0.5, 0.6) is 0 Å². The van der Waals surface area contributed by atoms with E-state index in [4.69, 9.17) is 10.8 Å². The third-order valence-electron chi connectivity index (χ3n) is 7.42. The second kappa shape index (κ2) is 13.9. The molecule has 3 amide bonds. The molecule has 232 valence electrons. The van der Waals surface area contributed by atoms with Gasteiger partial charge < -0.3 is 41.9 Å². The summed E-state index contributed by atoms with van der Waals surface area (Å²) in [6, 6.07) is 9.73. The molecule has 4 rings (SSSR count). The smallest absolute Gasteiger partial charge is 0.326 e. The Bertz CT molecular complexity index is 1680. The number of hydrogen-bond donors (Lipinski definition) is 8. The zero-order valence-electron chi connectivity index (χ0n) is 24.3. The average Bonchev–Trinajstić information content (AvgIpc) is 3.58. The summed E-state index contributed by atoms with van der Waals surface area (Å²) in [7, 11) is 0. The third kappa shape index (κ3) is 7.61. The first kappa shape index (κ1) is 31.8. The molecule has 0 saturated heterocycles. The Morgan fingerprint density at radius 2 is 1.23 bits per heavy atom. The van der Waals surface area contributed by atoms with Gasteiger partial charge in [-0.1, -0.05) is 50.2 Å². The molecule has 2 aromatic heterocycles. The number of aromatic nitrogens is 2. The van der Waals surface area contributed by atoms with Crippen molar-refractivity contribution in [3.63, 3.8) is 0 Å². The van der Waals surface area contributed by atoms with Gasteiger partial charge in [-0.25, -0.2) is 4.79 Å². The minimum atomic E-state index is -1.38. The minimum Gasteiger partial charge on any atom is -0.481 e. The second-order valence-corrected chi connectivity index (χ2v) is 11.0.